The van der Waals surface area contributed by atoms with Crippen LogP contribution in [0.15, 0.2) is 18.5 Å². The molecule has 1 atom stereocenters. The topological polar surface area (TPSA) is 55.6 Å². The van der Waals surface area contributed by atoms with Crippen molar-refractivity contribution in [1.29, 1.82) is 0 Å². The molecule has 114 valence electrons. The van der Waals surface area contributed by atoms with E-state index in [0.717, 1.165) is 37.2 Å². The molecule has 2 rings (SSSR count). The van der Waals surface area contributed by atoms with Gasteiger partial charge in [-0.15, -0.1) is 0 Å². The number of nitrogens with zero attached hydrogens (tertiary/aromatic N) is 4. The van der Waals surface area contributed by atoms with E-state index in [-0.39, 0.29) is 6.04 Å². The maximum absolute atomic E-state index is 4.36. The van der Waals surface area contributed by atoms with Crippen molar-refractivity contribution < 1.29 is 0 Å². The van der Waals surface area contributed by atoms with Gasteiger partial charge in [-0.3, -0.25) is 4.68 Å². The van der Waals surface area contributed by atoms with Crippen molar-refractivity contribution in [3.63, 3.8) is 0 Å². The molecule has 0 saturated carbocycles. The van der Waals surface area contributed by atoms with Crippen molar-refractivity contribution in [3.05, 3.63) is 41.0 Å². The van der Waals surface area contributed by atoms with Gasteiger partial charge < -0.3 is 5.32 Å². The predicted molar refractivity (Wildman–Crippen MR) is 84.1 cm³/mol. The van der Waals surface area contributed by atoms with Gasteiger partial charge in [0.2, 0.25) is 0 Å². The number of nitrogens with one attached hydrogen (secondary N) is 1. The zero-order valence-corrected chi connectivity index (χ0v) is 13.4. The minimum atomic E-state index is 0.262. The highest BCUT2D eigenvalue weighted by molar-refractivity contribution is 5.26. The van der Waals surface area contributed by atoms with Crippen LogP contribution in [0.1, 0.15) is 48.8 Å². The molecule has 0 aliphatic rings. The van der Waals surface area contributed by atoms with Crippen LogP contribution in [0.2, 0.25) is 0 Å². The van der Waals surface area contributed by atoms with Crippen LogP contribution < -0.4 is 5.32 Å². The van der Waals surface area contributed by atoms with Gasteiger partial charge in [0.05, 0.1) is 17.6 Å². The second kappa shape index (κ2) is 7.31. The van der Waals surface area contributed by atoms with Gasteiger partial charge in [0.1, 0.15) is 0 Å². The summed E-state index contributed by atoms with van der Waals surface area (Å²) in [7, 11) is 1.95. The lowest BCUT2D eigenvalue weighted by molar-refractivity contribution is 0.521. The standard InChI is InChI=1S/C16H25N5/c1-5-7-17-16(9-13-10-18-21(4)11-13)14-8-12(3)19-20-15(14)6-2/h8,10-11,16-17H,5-7,9H2,1-4H3. The molecule has 0 radical (unpaired) electrons. The van der Waals surface area contributed by atoms with Crippen molar-refractivity contribution in [2.75, 3.05) is 6.54 Å². The Morgan fingerprint density at radius 1 is 1.29 bits per heavy atom. The van der Waals surface area contributed by atoms with E-state index in [9.17, 15) is 0 Å². The third-order valence-corrected chi connectivity index (χ3v) is 3.58. The minimum Gasteiger partial charge on any atom is -0.310 e. The monoisotopic (exact) mass is 287 g/mol. The van der Waals surface area contributed by atoms with Crippen LogP contribution >= 0.6 is 0 Å². The molecule has 1 unspecified atom stereocenters. The summed E-state index contributed by atoms with van der Waals surface area (Å²) in [6.45, 7) is 7.31. The molecule has 0 bridgehead atoms. The number of rotatable bonds is 7. The first-order chi connectivity index (χ1) is 10.1. The summed E-state index contributed by atoms with van der Waals surface area (Å²) < 4.78 is 1.85. The number of aromatic nitrogens is 4. The lowest BCUT2D eigenvalue weighted by atomic mass is 9.98. The zero-order valence-electron chi connectivity index (χ0n) is 13.4. The molecule has 2 aromatic rings. The van der Waals surface area contributed by atoms with Crippen molar-refractivity contribution in [1.82, 2.24) is 25.3 Å². The quantitative estimate of drug-likeness (QED) is 0.849. The van der Waals surface area contributed by atoms with Crippen LogP contribution in [0.5, 0.6) is 0 Å². The van der Waals surface area contributed by atoms with E-state index in [4.69, 9.17) is 0 Å². The molecule has 5 heteroatoms. The van der Waals surface area contributed by atoms with Crippen molar-refractivity contribution in [3.8, 4) is 0 Å². The third-order valence-electron chi connectivity index (χ3n) is 3.58. The Kier molecular flexibility index (Phi) is 5.44. The van der Waals surface area contributed by atoms with E-state index in [2.05, 4.69) is 46.7 Å². The molecule has 0 amide bonds. The Hall–Kier alpha value is -1.75. The Morgan fingerprint density at radius 3 is 2.71 bits per heavy atom. The third kappa shape index (κ3) is 4.11. The van der Waals surface area contributed by atoms with E-state index in [1.54, 1.807) is 0 Å². The summed E-state index contributed by atoms with van der Waals surface area (Å²) in [5.41, 5.74) is 4.56. The van der Waals surface area contributed by atoms with E-state index in [1.165, 1.54) is 11.1 Å². The highest BCUT2D eigenvalue weighted by Crippen LogP contribution is 2.22. The molecule has 2 heterocycles. The first kappa shape index (κ1) is 15.6. The van der Waals surface area contributed by atoms with Crippen LogP contribution in [0.25, 0.3) is 0 Å². The van der Waals surface area contributed by atoms with Crippen LogP contribution in [-0.2, 0) is 19.9 Å². The smallest absolute Gasteiger partial charge is 0.0676 e. The molecule has 1 N–H and O–H groups in total. The predicted octanol–water partition coefficient (Wildman–Crippen LogP) is 2.36. The van der Waals surface area contributed by atoms with Gasteiger partial charge in [-0.2, -0.15) is 15.3 Å². The zero-order chi connectivity index (χ0) is 15.2. The first-order valence-corrected chi connectivity index (χ1v) is 7.68. The molecule has 0 aliphatic carbocycles. The Bertz CT molecular complexity index is 576. The lowest BCUT2D eigenvalue weighted by Gasteiger charge is -2.20. The van der Waals surface area contributed by atoms with Crippen LogP contribution in [0, 0.1) is 6.92 Å². The van der Waals surface area contributed by atoms with Gasteiger partial charge >= 0.3 is 0 Å². The molecule has 2 aromatic heterocycles. The number of hydrogen-bond acceptors (Lipinski definition) is 4. The van der Waals surface area contributed by atoms with Gasteiger partial charge in [-0.1, -0.05) is 13.8 Å². The average Bonchev–Trinajstić information content (AvgIpc) is 2.88. The minimum absolute atomic E-state index is 0.262. The summed E-state index contributed by atoms with van der Waals surface area (Å²) in [6, 6.07) is 2.42. The molecular formula is C16H25N5. The van der Waals surface area contributed by atoms with E-state index >= 15 is 0 Å². The van der Waals surface area contributed by atoms with Crippen LogP contribution in [0.3, 0.4) is 0 Å². The average molecular weight is 287 g/mol. The van der Waals surface area contributed by atoms with E-state index in [0.29, 0.717) is 0 Å². The normalized spacial score (nSPS) is 12.6. The summed E-state index contributed by atoms with van der Waals surface area (Å²) in [6.07, 6.45) is 6.95. The first-order valence-electron chi connectivity index (χ1n) is 7.68. The summed E-state index contributed by atoms with van der Waals surface area (Å²) >= 11 is 0. The van der Waals surface area contributed by atoms with Gasteiger partial charge in [0.15, 0.2) is 0 Å². The Morgan fingerprint density at radius 2 is 2.10 bits per heavy atom. The fourth-order valence-corrected chi connectivity index (χ4v) is 2.53. The van der Waals surface area contributed by atoms with Gasteiger partial charge in [-0.25, -0.2) is 0 Å². The molecular weight excluding hydrogens is 262 g/mol. The van der Waals surface area contributed by atoms with Gasteiger partial charge in [0.25, 0.3) is 0 Å². The van der Waals surface area contributed by atoms with Crippen molar-refractivity contribution >= 4 is 0 Å². The van der Waals surface area contributed by atoms with E-state index < -0.39 is 0 Å². The van der Waals surface area contributed by atoms with Gasteiger partial charge in [0, 0.05) is 19.3 Å². The molecule has 0 fully saturated rings. The molecule has 0 aliphatic heterocycles. The maximum atomic E-state index is 4.36. The van der Waals surface area contributed by atoms with Crippen LogP contribution in [-0.4, -0.2) is 26.5 Å². The summed E-state index contributed by atoms with van der Waals surface area (Å²) in [5, 5.41) is 16.5. The molecule has 5 nitrogen and oxygen atoms in total. The fourth-order valence-electron chi connectivity index (χ4n) is 2.53. The second-order valence-electron chi connectivity index (χ2n) is 5.47. The highest BCUT2D eigenvalue weighted by atomic mass is 15.2. The molecule has 21 heavy (non-hydrogen) atoms. The second-order valence-corrected chi connectivity index (χ2v) is 5.47. The Labute approximate surface area is 126 Å². The van der Waals surface area contributed by atoms with Crippen molar-refractivity contribution in [2.45, 2.75) is 46.1 Å². The van der Waals surface area contributed by atoms with E-state index in [1.807, 2.05) is 24.9 Å². The largest absolute Gasteiger partial charge is 0.310 e. The van der Waals surface area contributed by atoms with Gasteiger partial charge in [-0.05, 0) is 49.9 Å². The Balaban J connectivity index is 2.28. The number of hydrogen-bond donors (Lipinski definition) is 1. The fraction of sp³-hybridized carbons (Fsp3) is 0.562. The maximum Gasteiger partial charge on any atom is 0.0676 e. The summed E-state index contributed by atoms with van der Waals surface area (Å²) in [5.74, 6) is 0. The molecule has 0 aromatic carbocycles. The number of aryl methyl sites for hydroxylation is 3. The van der Waals surface area contributed by atoms with Crippen molar-refractivity contribution in [2.24, 2.45) is 7.05 Å². The SMILES string of the molecule is CCCNC(Cc1cnn(C)c1)c1cc(C)nnc1CC. The molecule has 0 saturated heterocycles. The molecule has 0 spiro atoms. The highest BCUT2D eigenvalue weighted by Gasteiger charge is 2.17. The summed E-state index contributed by atoms with van der Waals surface area (Å²) in [4.78, 5) is 0. The van der Waals surface area contributed by atoms with Crippen LogP contribution in [0.4, 0.5) is 0 Å². The lowest BCUT2D eigenvalue weighted by Crippen LogP contribution is -2.25.